The third-order valence-electron chi connectivity index (χ3n) is 2.76. The maximum absolute atomic E-state index is 8.91. The summed E-state index contributed by atoms with van der Waals surface area (Å²) >= 11 is 5.79. The van der Waals surface area contributed by atoms with Crippen molar-refractivity contribution in [2.45, 2.75) is 37.1 Å². The van der Waals surface area contributed by atoms with Crippen LogP contribution >= 0.6 is 11.6 Å². The Balaban J connectivity index is 2.41. The van der Waals surface area contributed by atoms with E-state index in [-0.39, 0.29) is 6.61 Å². The fourth-order valence-corrected chi connectivity index (χ4v) is 2.24. The van der Waals surface area contributed by atoms with Crippen LogP contribution in [0, 0.1) is 11.3 Å². The highest BCUT2D eigenvalue weighted by atomic mass is 35.5. The molecule has 0 aromatic heterocycles. The molecule has 14 heavy (non-hydrogen) atoms. The van der Waals surface area contributed by atoms with Crippen molar-refractivity contribution in [3.05, 3.63) is 0 Å². The third-order valence-corrected chi connectivity index (χ3v) is 3.00. The summed E-state index contributed by atoms with van der Waals surface area (Å²) in [6.45, 7) is 1.35. The van der Waals surface area contributed by atoms with E-state index in [9.17, 15) is 0 Å². The van der Waals surface area contributed by atoms with Crippen molar-refractivity contribution in [2.75, 3.05) is 19.7 Å². The molecule has 1 rings (SSSR count). The van der Waals surface area contributed by atoms with Crippen LogP contribution in [0.25, 0.3) is 0 Å². The van der Waals surface area contributed by atoms with Gasteiger partial charge < -0.3 is 5.11 Å². The molecule has 1 N–H and O–H groups in total. The Morgan fingerprint density at radius 1 is 1.50 bits per heavy atom. The van der Waals surface area contributed by atoms with Crippen molar-refractivity contribution in [3.8, 4) is 6.07 Å². The second-order valence-electron chi connectivity index (χ2n) is 3.75. The smallest absolute Gasteiger partial charge is 0.133 e. The van der Waals surface area contributed by atoms with Crippen LogP contribution in [0.5, 0.6) is 0 Å². The first kappa shape index (κ1) is 11.8. The molecule has 1 atom stereocenters. The molecule has 0 amide bonds. The highest BCUT2D eigenvalue weighted by Crippen LogP contribution is 2.23. The molecule has 0 aromatic carbocycles. The normalized spacial score (nSPS) is 19.9. The summed E-state index contributed by atoms with van der Waals surface area (Å²) < 4.78 is 0. The molecule has 0 radical (unpaired) electrons. The van der Waals surface area contributed by atoms with Gasteiger partial charge >= 0.3 is 0 Å². The van der Waals surface area contributed by atoms with Crippen molar-refractivity contribution in [3.63, 3.8) is 0 Å². The van der Waals surface area contributed by atoms with Gasteiger partial charge in [0, 0.05) is 19.1 Å². The predicted octanol–water partition coefficient (Wildman–Crippen LogP) is 1.35. The van der Waals surface area contributed by atoms with Crippen LogP contribution in [-0.4, -0.2) is 41.1 Å². The van der Waals surface area contributed by atoms with Gasteiger partial charge in [-0.1, -0.05) is 12.8 Å². The molecule has 0 aromatic rings. The lowest BCUT2D eigenvalue weighted by molar-refractivity contribution is 0.155. The largest absolute Gasteiger partial charge is 0.395 e. The minimum Gasteiger partial charge on any atom is -0.395 e. The molecule has 1 fully saturated rings. The molecule has 1 unspecified atom stereocenters. The Morgan fingerprint density at radius 3 is 2.64 bits per heavy atom. The van der Waals surface area contributed by atoms with E-state index in [0.717, 1.165) is 0 Å². The third kappa shape index (κ3) is 3.45. The summed E-state index contributed by atoms with van der Waals surface area (Å²) in [6.07, 6.45) is 4.86. The van der Waals surface area contributed by atoms with Gasteiger partial charge in [0.15, 0.2) is 0 Å². The number of aliphatic hydroxyl groups is 1. The highest BCUT2D eigenvalue weighted by molar-refractivity contribution is 6.22. The number of rotatable bonds is 5. The Kier molecular flexibility index (Phi) is 5.24. The first-order chi connectivity index (χ1) is 6.77. The van der Waals surface area contributed by atoms with Crippen molar-refractivity contribution in [2.24, 2.45) is 0 Å². The molecule has 0 heterocycles. The second kappa shape index (κ2) is 6.23. The van der Waals surface area contributed by atoms with Gasteiger partial charge in [-0.05, 0) is 12.8 Å². The molecule has 1 aliphatic carbocycles. The molecule has 1 aliphatic rings. The van der Waals surface area contributed by atoms with E-state index in [1.807, 2.05) is 6.07 Å². The van der Waals surface area contributed by atoms with Gasteiger partial charge in [-0.3, -0.25) is 4.90 Å². The van der Waals surface area contributed by atoms with E-state index in [4.69, 9.17) is 22.0 Å². The molecular formula is C10H17ClN2O. The molecule has 80 valence electrons. The molecule has 0 aliphatic heterocycles. The Morgan fingerprint density at radius 2 is 2.14 bits per heavy atom. The van der Waals surface area contributed by atoms with Crippen molar-refractivity contribution >= 4 is 11.6 Å². The topological polar surface area (TPSA) is 47.3 Å². The van der Waals surface area contributed by atoms with E-state index in [0.29, 0.717) is 19.1 Å². The molecule has 0 saturated heterocycles. The van der Waals surface area contributed by atoms with Crippen LogP contribution in [-0.2, 0) is 0 Å². The number of nitriles is 1. The number of hydrogen-bond donors (Lipinski definition) is 1. The zero-order valence-corrected chi connectivity index (χ0v) is 9.08. The maximum atomic E-state index is 8.91. The average molecular weight is 217 g/mol. The van der Waals surface area contributed by atoms with E-state index in [2.05, 4.69) is 4.90 Å². The summed E-state index contributed by atoms with van der Waals surface area (Å²) in [5, 5.41) is 17.1. The van der Waals surface area contributed by atoms with Crippen LogP contribution in [0.3, 0.4) is 0 Å². The second-order valence-corrected chi connectivity index (χ2v) is 4.28. The number of aliphatic hydroxyl groups excluding tert-OH is 1. The lowest BCUT2D eigenvalue weighted by Crippen LogP contribution is -2.39. The summed E-state index contributed by atoms with van der Waals surface area (Å²) in [6, 6.07) is 2.54. The van der Waals surface area contributed by atoms with Crippen molar-refractivity contribution in [1.82, 2.24) is 4.90 Å². The number of hydrogen-bond acceptors (Lipinski definition) is 3. The lowest BCUT2D eigenvalue weighted by Gasteiger charge is -2.28. The van der Waals surface area contributed by atoms with Crippen molar-refractivity contribution in [1.29, 1.82) is 5.26 Å². The van der Waals surface area contributed by atoms with Crippen LogP contribution in [0.15, 0.2) is 0 Å². The van der Waals surface area contributed by atoms with E-state index < -0.39 is 5.38 Å². The molecule has 0 bridgehead atoms. The Bertz CT molecular complexity index is 199. The molecular weight excluding hydrogens is 200 g/mol. The predicted molar refractivity (Wildman–Crippen MR) is 56.2 cm³/mol. The lowest BCUT2D eigenvalue weighted by atomic mass is 10.2. The monoisotopic (exact) mass is 216 g/mol. The van der Waals surface area contributed by atoms with Gasteiger partial charge in [-0.25, -0.2) is 0 Å². The van der Waals surface area contributed by atoms with Gasteiger partial charge in [0.25, 0.3) is 0 Å². The highest BCUT2D eigenvalue weighted by Gasteiger charge is 2.23. The first-order valence-corrected chi connectivity index (χ1v) is 5.60. The minimum absolute atomic E-state index is 0.144. The quantitative estimate of drug-likeness (QED) is 0.706. The standard InChI is InChI=1S/C10H17ClN2O/c11-9(7-12)8-13(5-6-14)10-3-1-2-4-10/h9-10,14H,1-6,8H2. The van der Waals surface area contributed by atoms with Crippen LogP contribution in [0.2, 0.25) is 0 Å². The summed E-state index contributed by atoms with van der Waals surface area (Å²) in [4.78, 5) is 2.15. The zero-order chi connectivity index (χ0) is 10.4. The Labute approximate surface area is 90.3 Å². The van der Waals surface area contributed by atoms with E-state index >= 15 is 0 Å². The number of alkyl halides is 1. The summed E-state index contributed by atoms with van der Waals surface area (Å²) in [5.74, 6) is 0. The van der Waals surface area contributed by atoms with Crippen LogP contribution in [0.1, 0.15) is 25.7 Å². The summed E-state index contributed by atoms with van der Waals surface area (Å²) in [7, 11) is 0. The number of halogens is 1. The van der Waals surface area contributed by atoms with Gasteiger partial charge in [0.2, 0.25) is 0 Å². The van der Waals surface area contributed by atoms with Crippen molar-refractivity contribution < 1.29 is 5.11 Å². The fourth-order valence-electron chi connectivity index (χ4n) is 2.07. The molecule has 4 heteroatoms. The Hall–Kier alpha value is -0.300. The van der Waals surface area contributed by atoms with Gasteiger partial charge in [0.1, 0.15) is 5.38 Å². The van der Waals surface area contributed by atoms with E-state index in [1.54, 1.807) is 0 Å². The van der Waals surface area contributed by atoms with E-state index in [1.165, 1.54) is 25.7 Å². The first-order valence-electron chi connectivity index (χ1n) is 5.16. The van der Waals surface area contributed by atoms with Crippen LogP contribution < -0.4 is 0 Å². The minimum atomic E-state index is -0.456. The van der Waals surface area contributed by atoms with Gasteiger partial charge in [0.05, 0.1) is 12.7 Å². The number of nitrogens with zero attached hydrogens (tertiary/aromatic N) is 2. The average Bonchev–Trinajstić information content (AvgIpc) is 2.69. The molecule has 3 nitrogen and oxygen atoms in total. The fraction of sp³-hybridized carbons (Fsp3) is 0.900. The van der Waals surface area contributed by atoms with Gasteiger partial charge in [-0.2, -0.15) is 5.26 Å². The SMILES string of the molecule is N#CC(Cl)CN(CCO)C1CCCC1. The maximum Gasteiger partial charge on any atom is 0.133 e. The zero-order valence-electron chi connectivity index (χ0n) is 8.32. The summed E-state index contributed by atoms with van der Waals surface area (Å²) in [5.41, 5.74) is 0. The van der Waals surface area contributed by atoms with Gasteiger partial charge in [-0.15, -0.1) is 11.6 Å². The molecule has 1 saturated carbocycles. The molecule has 0 spiro atoms. The van der Waals surface area contributed by atoms with Crippen LogP contribution in [0.4, 0.5) is 0 Å².